The Bertz CT molecular complexity index is 1700. The molecule has 0 spiro atoms. The van der Waals surface area contributed by atoms with Crippen LogP contribution < -0.4 is 10.1 Å². The highest BCUT2D eigenvalue weighted by atomic mass is 32.2. The Morgan fingerprint density at radius 2 is 1.93 bits per heavy atom. The largest absolute Gasteiger partial charge is 0.453 e. The third kappa shape index (κ3) is 6.43. The molecule has 4 aromatic heterocycles. The molecule has 0 unspecified atom stereocenters. The van der Waals surface area contributed by atoms with E-state index in [9.17, 15) is 18.0 Å². The Hall–Kier alpha value is -3.52. The highest BCUT2D eigenvalue weighted by Crippen LogP contribution is 2.43. The van der Waals surface area contributed by atoms with Crippen LogP contribution in [0.15, 0.2) is 75.4 Å². The first-order valence-corrected chi connectivity index (χ1v) is 15.7. The van der Waals surface area contributed by atoms with E-state index in [1.54, 1.807) is 29.8 Å². The summed E-state index contributed by atoms with van der Waals surface area (Å²) in [5.41, 5.74) is 0.949. The van der Waals surface area contributed by atoms with Crippen LogP contribution in [0.4, 0.5) is 24.1 Å². The summed E-state index contributed by atoms with van der Waals surface area (Å²) < 4.78 is 48.3. The van der Waals surface area contributed by atoms with Gasteiger partial charge in [-0.3, -0.25) is 9.88 Å². The number of anilines is 2. The lowest BCUT2D eigenvalue weighted by Gasteiger charge is -2.29. The maximum absolute atomic E-state index is 13.8. The summed E-state index contributed by atoms with van der Waals surface area (Å²) in [6.45, 7) is 2.10. The zero-order valence-corrected chi connectivity index (χ0v) is 24.5. The van der Waals surface area contributed by atoms with Gasteiger partial charge in [0.05, 0.1) is 28.0 Å². The number of rotatable bonds is 9. The molecule has 0 aliphatic carbocycles. The second-order valence-corrected chi connectivity index (χ2v) is 12.5. The number of aromatic nitrogens is 3. The van der Waals surface area contributed by atoms with Gasteiger partial charge in [0.25, 0.3) is 0 Å². The van der Waals surface area contributed by atoms with E-state index < -0.39 is 11.7 Å². The molecule has 7 nitrogen and oxygen atoms in total. The van der Waals surface area contributed by atoms with Crippen molar-refractivity contribution in [3.05, 3.63) is 76.9 Å². The van der Waals surface area contributed by atoms with E-state index in [1.807, 2.05) is 22.9 Å². The van der Waals surface area contributed by atoms with Crippen LogP contribution >= 0.6 is 34.4 Å². The van der Waals surface area contributed by atoms with Crippen molar-refractivity contribution in [2.75, 3.05) is 25.0 Å². The van der Waals surface area contributed by atoms with E-state index >= 15 is 0 Å². The molecule has 216 valence electrons. The van der Waals surface area contributed by atoms with Crippen molar-refractivity contribution in [1.82, 2.24) is 19.9 Å². The van der Waals surface area contributed by atoms with Crippen LogP contribution in [0.25, 0.3) is 10.2 Å². The minimum atomic E-state index is -4.59. The Kier molecular flexibility index (Phi) is 8.43. The van der Waals surface area contributed by atoms with Gasteiger partial charge in [-0.25, -0.2) is 9.97 Å². The second-order valence-electron chi connectivity index (χ2n) is 9.60. The maximum atomic E-state index is 13.8. The van der Waals surface area contributed by atoms with Crippen molar-refractivity contribution in [3.8, 4) is 11.5 Å². The number of alkyl halides is 3. The van der Waals surface area contributed by atoms with E-state index in [2.05, 4.69) is 20.2 Å². The molecule has 0 amide bonds. The number of carbonyl (C=O) groups excluding carboxylic acids is 1. The Labute approximate surface area is 251 Å². The summed E-state index contributed by atoms with van der Waals surface area (Å²) >= 11 is 4.41. The first-order valence-electron chi connectivity index (χ1n) is 13.1. The highest BCUT2D eigenvalue weighted by Gasteiger charge is 2.34. The number of thiophene rings is 1. The van der Waals surface area contributed by atoms with Crippen LogP contribution in [0.2, 0.25) is 0 Å². The summed E-state index contributed by atoms with van der Waals surface area (Å²) in [4.78, 5) is 28.3. The van der Waals surface area contributed by atoms with Crippen molar-refractivity contribution < 1.29 is 22.7 Å². The lowest BCUT2D eigenvalue weighted by molar-refractivity contribution is -0.138. The average Bonchev–Trinajstić information content (AvgIpc) is 3.65. The van der Waals surface area contributed by atoms with Gasteiger partial charge in [0.2, 0.25) is 0 Å². The number of piperidine rings is 1. The molecular weight excluding hydrogens is 604 g/mol. The molecule has 0 bridgehead atoms. The van der Waals surface area contributed by atoms with Gasteiger partial charge >= 0.3 is 6.18 Å². The molecule has 1 saturated heterocycles. The Morgan fingerprint density at radius 1 is 1.10 bits per heavy atom. The third-order valence-electron chi connectivity index (χ3n) is 6.86. The molecule has 1 fully saturated rings. The summed E-state index contributed by atoms with van der Waals surface area (Å²) in [6, 6.07) is 10.6. The van der Waals surface area contributed by atoms with Crippen molar-refractivity contribution in [1.29, 1.82) is 0 Å². The van der Waals surface area contributed by atoms with Crippen molar-refractivity contribution in [2.24, 2.45) is 0 Å². The number of nitrogens with zero attached hydrogens (tertiary/aromatic N) is 4. The predicted molar refractivity (Wildman–Crippen MR) is 159 cm³/mol. The molecule has 0 atom stereocenters. The molecule has 1 aliphatic heterocycles. The van der Waals surface area contributed by atoms with Crippen molar-refractivity contribution in [3.63, 3.8) is 0 Å². The maximum Gasteiger partial charge on any atom is 0.419 e. The third-order valence-corrected chi connectivity index (χ3v) is 9.72. The van der Waals surface area contributed by atoms with E-state index in [1.165, 1.54) is 41.3 Å². The molecule has 1 N–H and O–H groups in total. The summed E-state index contributed by atoms with van der Waals surface area (Å²) in [6.07, 6.45) is 1.52. The lowest BCUT2D eigenvalue weighted by atomic mass is 9.94. The lowest BCUT2D eigenvalue weighted by Crippen LogP contribution is -2.34. The Morgan fingerprint density at radius 3 is 2.74 bits per heavy atom. The van der Waals surface area contributed by atoms with Crippen molar-refractivity contribution >= 4 is 61.9 Å². The number of aldehydes is 1. The molecule has 1 aliphatic rings. The number of para-hydroxylation sites is 1. The fourth-order valence-corrected chi connectivity index (χ4v) is 7.44. The number of benzene rings is 1. The number of hydrogen-bond donors (Lipinski definition) is 1. The fourth-order valence-electron chi connectivity index (χ4n) is 4.77. The van der Waals surface area contributed by atoms with Crippen molar-refractivity contribution in [2.45, 2.75) is 34.7 Å². The standard InChI is InChI=1S/C29H24F3N5O2S3/c30-29(31,32)20-3-1-2-4-23(20)39-24-15-19(42-25-5-9-33-21-8-14-40-26(21)25)16-34-27(24)36-28-35-22(17-41-28)18-6-10-37(11-7-18)12-13-38/h1-5,8-9,13-18H,6-7,10-12H2,(H,34,35,36). The number of likely N-dealkylation sites (tertiary alicyclic amines) is 1. The first kappa shape index (κ1) is 28.6. The van der Waals surface area contributed by atoms with Crippen LogP contribution in [0.3, 0.4) is 0 Å². The Balaban J connectivity index is 1.28. The SMILES string of the molecule is O=CCN1CCC(c2csc(Nc3ncc(Sc4ccnc5ccsc45)cc3Oc3ccccc3C(F)(F)F)n2)CC1. The molecular formula is C29H24F3N5O2S3. The number of pyridine rings is 2. The van der Waals surface area contributed by atoms with Crippen LogP contribution in [0, 0.1) is 0 Å². The molecule has 13 heteroatoms. The number of ether oxygens (including phenoxy) is 1. The molecule has 5 heterocycles. The minimum Gasteiger partial charge on any atom is -0.453 e. The monoisotopic (exact) mass is 627 g/mol. The fraction of sp³-hybridized carbons (Fsp3) is 0.241. The van der Waals surface area contributed by atoms with Crippen LogP contribution in [0.5, 0.6) is 11.5 Å². The molecule has 42 heavy (non-hydrogen) atoms. The van der Waals surface area contributed by atoms with E-state index in [0.717, 1.165) is 59.1 Å². The smallest absolute Gasteiger partial charge is 0.419 e. The van der Waals surface area contributed by atoms with E-state index in [-0.39, 0.29) is 23.2 Å². The quantitative estimate of drug-likeness (QED) is 0.164. The molecule has 0 radical (unpaired) electrons. The number of hydrogen-bond acceptors (Lipinski definition) is 10. The number of nitrogens with one attached hydrogen (secondary N) is 1. The molecule has 1 aromatic carbocycles. The second kappa shape index (κ2) is 12.4. The normalized spacial score (nSPS) is 14.7. The van der Waals surface area contributed by atoms with E-state index in [0.29, 0.717) is 16.6 Å². The molecule has 0 saturated carbocycles. The minimum absolute atomic E-state index is 0.145. The average molecular weight is 628 g/mol. The van der Waals surface area contributed by atoms with E-state index in [4.69, 9.17) is 9.72 Å². The topological polar surface area (TPSA) is 80.2 Å². The first-order chi connectivity index (χ1) is 20.4. The van der Waals surface area contributed by atoms with Crippen LogP contribution in [0.1, 0.15) is 30.0 Å². The van der Waals surface area contributed by atoms with Gasteiger partial charge in [-0.05, 0) is 55.6 Å². The number of thiazole rings is 1. The summed E-state index contributed by atoms with van der Waals surface area (Å²) in [5, 5.41) is 7.69. The van der Waals surface area contributed by atoms with Crippen LogP contribution in [-0.2, 0) is 11.0 Å². The van der Waals surface area contributed by atoms with Gasteiger partial charge in [0.15, 0.2) is 16.7 Å². The number of halogens is 3. The molecule has 6 rings (SSSR count). The van der Waals surface area contributed by atoms with Crippen LogP contribution in [-0.4, -0.2) is 45.8 Å². The van der Waals surface area contributed by atoms with Gasteiger partial charge in [-0.2, -0.15) is 13.2 Å². The predicted octanol–water partition coefficient (Wildman–Crippen LogP) is 8.23. The highest BCUT2D eigenvalue weighted by molar-refractivity contribution is 7.99. The van der Waals surface area contributed by atoms with Gasteiger partial charge in [-0.15, -0.1) is 22.7 Å². The van der Waals surface area contributed by atoms with Gasteiger partial charge in [0, 0.05) is 39.5 Å². The zero-order valence-electron chi connectivity index (χ0n) is 22.0. The number of fused-ring (bicyclic) bond motifs is 1. The number of carbonyl (C=O) groups is 1. The van der Waals surface area contributed by atoms with Gasteiger partial charge in [0.1, 0.15) is 12.0 Å². The van der Waals surface area contributed by atoms with Gasteiger partial charge < -0.3 is 14.8 Å². The van der Waals surface area contributed by atoms with Gasteiger partial charge in [-0.1, -0.05) is 23.9 Å². The zero-order chi connectivity index (χ0) is 29.1. The summed E-state index contributed by atoms with van der Waals surface area (Å²) in [7, 11) is 0. The molecule has 5 aromatic rings. The summed E-state index contributed by atoms with van der Waals surface area (Å²) in [5.74, 6) is 0.361.